The largest absolute Gasteiger partial charge is 0.396 e. The van der Waals surface area contributed by atoms with Gasteiger partial charge in [-0.1, -0.05) is 31.2 Å². The summed E-state index contributed by atoms with van der Waals surface area (Å²) in [6.07, 6.45) is 3.93. The molecule has 1 aliphatic rings. The van der Waals surface area contributed by atoms with Gasteiger partial charge in [-0.05, 0) is 42.7 Å². The minimum atomic E-state index is -0.114. The van der Waals surface area contributed by atoms with E-state index in [4.69, 9.17) is 5.11 Å². The maximum atomic E-state index is 11.9. The average molecular weight is 276 g/mol. The summed E-state index contributed by atoms with van der Waals surface area (Å²) < 4.78 is 0. The summed E-state index contributed by atoms with van der Waals surface area (Å²) in [5.74, 6) is 0.296. The molecule has 0 spiro atoms. The Morgan fingerprint density at radius 3 is 3.05 bits per heavy atom. The zero-order valence-corrected chi connectivity index (χ0v) is 12.1. The van der Waals surface area contributed by atoms with E-state index in [1.54, 1.807) is 0 Å². The number of hydrogen-bond acceptors (Lipinski definition) is 2. The lowest BCUT2D eigenvalue weighted by Gasteiger charge is -2.26. The second kappa shape index (κ2) is 7.29. The number of carbonyl (C=O) groups excluding carboxylic acids is 1. The fraction of sp³-hybridized carbons (Fsp3) is 0.562. The lowest BCUT2D eigenvalue weighted by atomic mass is 9.88. The van der Waals surface area contributed by atoms with Crippen molar-refractivity contribution in [2.24, 2.45) is 5.92 Å². The van der Waals surface area contributed by atoms with Crippen LogP contribution in [0.2, 0.25) is 0 Å². The number of carbonyl (C=O) groups is 1. The van der Waals surface area contributed by atoms with E-state index in [0.29, 0.717) is 18.9 Å². The van der Waals surface area contributed by atoms with Gasteiger partial charge in [0.25, 0.3) is 0 Å². The first-order valence-electron chi connectivity index (χ1n) is 7.43. The second-order valence-corrected chi connectivity index (χ2v) is 5.62. The van der Waals surface area contributed by atoms with Crippen LogP contribution in [-0.2, 0) is 6.42 Å². The van der Waals surface area contributed by atoms with Crippen molar-refractivity contribution in [1.82, 2.24) is 10.6 Å². The van der Waals surface area contributed by atoms with Crippen LogP contribution in [0, 0.1) is 5.92 Å². The molecule has 2 atom stereocenters. The van der Waals surface area contributed by atoms with Gasteiger partial charge in [-0.25, -0.2) is 4.79 Å². The van der Waals surface area contributed by atoms with Crippen LogP contribution < -0.4 is 10.6 Å². The Morgan fingerprint density at radius 1 is 1.45 bits per heavy atom. The lowest BCUT2D eigenvalue weighted by molar-refractivity contribution is 0.229. The molecule has 4 heteroatoms. The van der Waals surface area contributed by atoms with Crippen molar-refractivity contribution in [3.63, 3.8) is 0 Å². The third kappa shape index (κ3) is 3.97. The molecule has 1 aliphatic carbocycles. The van der Waals surface area contributed by atoms with E-state index in [-0.39, 0.29) is 18.7 Å². The van der Waals surface area contributed by atoms with E-state index in [9.17, 15) is 4.79 Å². The lowest BCUT2D eigenvalue weighted by Crippen LogP contribution is -2.40. The molecule has 0 saturated carbocycles. The van der Waals surface area contributed by atoms with Crippen molar-refractivity contribution in [2.45, 2.75) is 38.6 Å². The van der Waals surface area contributed by atoms with E-state index in [1.165, 1.54) is 11.1 Å². The molecule has 0 heterocycles. The van der Waals surface area contributed by atoms with E-state index in [2.05, 4.69) is 28.8 Å². The third-order valence-electron chi connectivity index (χ3n) is 3.91. The van der Waals surface area contributed by atoms with Gasteiger partial charge in [0.2, 0.25) is 0 Å². The second-order valence-electron chi connectivity index (χ2n) is 5.62. The Bertz CT molecular complexity index is 448. The van der Waals surface area contributed by atoms with Gasteiger partial charge in [0.05, 0.1) is 6.04 Å². The van der Waals surface area contributed by atoms with Crippen LogP contribution in [0.5, 0.6) is 0 Å². The summed E-state index contributed by atoms with van der Waals surface area (Å²) in [4.78, 5) is 11.9. The van der Waals surface area contributed by atoms with Crippen molar-refractivity contribution in [1.29, 1.82) is 0 Å². The molecular formula is C16H24N2O2. The molecule has 0 fully saturated rings. The molecule has 20 heavy (non-hydrogen) atoms. The number of aryl methyl sites for hydroxylation is 1. The number of nitrogens with one attached hydrogen (secondary N) is 2. The molecular weight excluding hydrogens is 252 g/mol. The fourth-order valence-electron chi connectivity index (χ4n) is 2.70. The van der Waals surface area contributed by atoms with Crippen LogP contribution >= 0.6 is 0 Å². The molecule has 110 valence electrons. The summed E-state index contributed by atoms with van der Waals surface area (Å²) in [6, 6.07) is 8.33. The smallest absolute Gasteiger partial charge is 0.315 e. The van der Waals surface area contributed by atoms with Crippen LogP contribution in [0.25, 0.3) is 0 Å². The van der Waals surface area contributed by atoms with Gasteiger partial charge in [0.1, 0.15) is 0 Å². The fourth-order valence-corrected chi connectivity index (χ4v) is 2.70. The minimum absolute atomic E-state index is 0.114. The van der Waals surface area contributed by atoms with Crippen LogP contribution in [0.3, 0.4) is 0 Å². The number of urea groups is 1. The first-order chi connectivity index (χ1) is 9.70. The maximum Gasteiger partial charge on any atom is 0.315 e. The average Bonchev–Trinajstić information content (AvgIpc) is 2.46. The van der Waals surface area contributed by atoms with E-state index < -0.39 is 0 Å². The van der Waals surface area contributed by atoms with Gasteiger partial charge in [-0.3, -0.25) is 0 Å². The first kappa shape index (κ1) is 14.9. The Labute approximate surface area is 120 Å². The number of hydrogen-bond donors (Lipinski definition) is 3. The van der Waals surface area contributed by atoms with Crippen molar-refractivity contribution < 1.29 is 9.90 Å². The molecule has 0 saturated heterocycles. The highest BCUT2D eigenvalue weighted by atomic mass is 16.3. The first-order valence-corrected chi connectivity index (χ1v) is 7.43. The third-order valence-corrected chi connectivity index (χ3v) is 3.91. The molecule has 4 nitrogen and oxygen atoms in total. The van der Waals surface area contributed by atoms with Crippen LogP contribution in [0.1, 0.15) is 43.4 Å². The van der Waals surface area contributed by atoms with E-state index in [0.717, 1.165) is 19.3 Å². The van der Waals surface area contributed by atoms with Gasteiger partial charge in [-0.2, -0.15) is 0 Å². The Kier molecular flexibility index (Phi) is 5.41. The molecule has 0 radical (unpaired) electrons. The van der Waals surface area contributed by atoms with Gasteiger partial charge in [-0.15, -0.1) is 0 Å². The molecule has 2 amide bonds. The normalized spacial score (nSPS) is 19.0. The predicted octanol–water partition coefficient (Wildman–Crippen LogP) is 2.38. The van der Waals surface area contributed by atoms with Gasteiger partial charge < -0.3 is 15.7 Å². The van der Waals surface area contributed by atoms with Gasteiger partial charge >= 0.3 is 6.03 Å². The molecule has 0 aliphatic heterocycles. The number of rotatable bonds is 5. The number of aliphatic hydroxyl groups excluding tert-OH is 1. The quantitative estimate of drug-likeness (QED) is 0.773. The van der Waals surface area contributed by atoms with E-state index in [1.807, 2.05) is 13.0 Å². The van der Waals surface area contributed by atoms with Crippen molar-refractivity contribution in [3.05, 3.63) is 35.4 Å². The number of aliphatic hydroxyl groups is 1. The molecule has 2 unspecified atom stereocenters. The highest BCUT2D eigenvalue weighted by Crippen LogP contribution is 2.29. The number of fused-ring (bicyclic) bond motifs is 1. The Morgan fingerprint density at radius 2 is 2.25 bits per heavy atom. The van der Waals surface area contributed by atoms with Crippen molar-refractivity contribution in [2.75, 3.05) is 13.2 Å². The van der Waals surface area contributed by atoms with Gasteiger partial charge in [0, 0.05) is 13.2 Å². The highest BCUT2D eigenvalue weighted by molar-refractivity contribution is 5.74. The van der Waals surface area contributed by atoms with Crippen molar-refractivity contribution >= 4 is 6.03 Å². The van der Waals surface area contributed by atoms with Crippen LogP contribution in [0.4, 0.5) is 4.79 Å². The van der Waals surface area contributed by atoms with Gasteiger partial charge in [0.15, 0.2) is 0 Å². The van der Waals surface area contributed by atoms with Crippen molar-refractivity contribution in [3.8, 4) is 0 Å². The standard InChI is InChI=1S/C16H24N2O2/c1-12(9-10-19)11-17-16(20)18-15-8-4-6-13-5-2-3-7-14(13)15/h2-3,5,7,12,15,19H,4,6,8-11H2,1H3,(H2,17,18,20). The topological polar surface area (TPSA) is 61.4 Å². The maximum absolute atomic E-state index is 11.9. The van der Waals surface area contributed by atoms with E-state index >= 15 is 0 Å². The zero-order valence-electron chi connectivity index (χ0n) is 12.1. The number of benzene rings is 1. The molecule has 3 N–H and O–H groups in total. The highest BCUT2D eigenvalue weighted by Gasteiger charge is 2.21. The molecule has 1 aromatic carbocycles. The Hall–Kier alpha value is -1.55. The summed E-state index contributed by atoms with van der Waals surface area (Å²) in [7, 11) is 0. The zero-order chi connectivity index (χ0) is 14.4. The summed E-state index contributed by atoms with van der Waals surface area (Å²) in [5, 5.41) is 14.8. The van der Waals surface area contributed by atoms with Crippen LogP contribution in [-0.4, -0.2) is 24.3 Å². The molecule has 0 bridgehead atoms. The predicted molar refractivity (Wildman–Crippen MR) is 79.5 cm³/mol. The molecule has 2 rings (SSSR count). The summed E-state index contributed by atoms with van der Waals surface area (Å²) in [6.45, 7) is 2.79. The summed E-state index contributed by atoms with van der Waals surface area (Å²) >= 11 is 0. The number of amides is 2. The summed E-state index contributed by atoms with van der Waals surface area (Å²) in [5.41, 5.74) is 2.59. The SMILES string of the molecule is CC(CCO)CNC(=O)NC1CCCc2ccccc21. The monoisotopic (exact) mass is 276 g/mol. The molecule has 1 aromatic rings. The molecule has 0 aromatic heterocycles. The minimum Gasteiger partial charge on any atom is -0.396 e. The van der Waals surface area contributed by atoms with Crippen LogP contribution in [0.15, 0.2) is 24.3 Å². The Balaban J connectivity index is 1.86.